The SMILES string of the molecule is COC(=O)Cc1ccc(OCC2CC2)c(CN)c1.Cl. The summed E-state index contributed by atoms with van der Waals surface area (Å²) < 4.78 is 10.4. The zero-order valence-electron chi connectivity index (χ0n) is 11.1. The van der Waals surface area contributed by atoms with E-state index in [-0.39, 0.29) is 24.8 Å². The van der Waals surface area contributed by atoms with Crippen LogP contribution < -0.4 is 10.5 Å². The minimum Gasteiger partial charge on any atom is -0.493 e. The van der Waals surface area contributed by atoms with Gasteiger partial charge >= 0.3 is 5.97 Å². The molecular formula is C14H20ClNO3. The maximum absolute atomic E-state index is 11.2. The van der Waals surface area contributed by atoms with Crippen LogP contribution in [0.1, 0.15) is 24.0 Å². The average Bonchev–Trinajstić information content (AvgIpc) is 3.21. The van der Waals surface area contributed by atoms with E-state index < -0.39 is 0 Å². The van der Waals surface area contributed by atoms with Crippen molar-refractivity contribution in [1.82, 2.24) is 0 Å². The summed E-state index contributed by atoms with van der Waals surface area (Å²) in [5, 5.41) is 0. The lowest BCUT2D eigenvalue weighted by Crippen LogP contribution is -2.08. The monoisotopic (exact) mass is 285 g/mol. The van der Waals surface area contributed by atoms with Crippen molar-refractivity contribution >= 4 is 18.4 Å². The summed E-state index contributed by atoms with van der Waals surface area (Å²) in [6, 6.07) is 5.69. The highest BCUT2D eigenvalue weighted by Gasteiger charge is 2.22. The van der Waals surface area contributed by atoms with Crippen molar-refractivity contribution in [3.8, 4) is 5.75 Å². The Kier molecular flexibility index (Phi) is 6.12. The predicted molar refractivity (Wildman–Crippen MR) is 75.5 cm³/mol. The molecule has 0 spiro atoms. The van der Waals surface area contributed by atoms with E-state index in [2.05, 4.69) is 4.74 Å². The fraction of sp³-hybridized carbons (Fsp3) is 0.500. The third kappa shape index (κ3) is 4.73. The molecule has 1 fully saturated rings. The molecule has 1 aliphatic carbocycles. The Morgan fingerprint density at radius 2 is 2.16 bits per heavy atom. The third-order valence-corrected chi connectivity index (χ3v) is 3.09. The number of methoxy groups -OCH3 is 1. The molecule has 19 heavy (non-hydrogen) atoms. The van der Waals surface area contributed by atoms with Crippen LogP contribution in [0.2, 0.25) is 0 Å². The van der Waals surface area contributed by atoms with Gasteiger partial charge in [-0.2, -0.15) is 0 Å². The molecule has 0 aliphatic heterocycles. The number of carbonyl (C=O) groups is 1. The molecule has 1 aromatic rings. The molecule has 0 radical (unpaired) electrons. The van der Waals surface area contributed by atoms with Crippen molar-refractivity contribution < 1.29 is 14.3 Å². The van der Waals surface area contributed by atoms with Crippen LogP contribution in [0.5, 0.6) is 5.75 Å². The fourth-order valence-corrected chi connectivity index (χ4v) is 1.77. The Hall–Kier alpha value is -1.26. The van der Waals surface area contributed by atoms with E-state index in [1.807, 2.05) is 18.2 Å². The van der Waals surface area contributed by atoms with Gasteiger partial charge in [-0.25, -0.2) is 0 Å². The first-order chi connectivity index (χ1) is 8.72. The fourth-order valence-electron chi connectivity index (χ4n) is 1.77. The molecule has 0 aromatic heterocycles. The molecule has 106 valence electrons. The number of benzene rings is 1. The number of halogens is 1. The van der Waals surface area contributed by atoms with Crippen LogP contribution in [0, 0.1) is 5.92 Å². The van der Waals surface area contributed by atoms with Crippen molar-refractivity contribution in [3.63, 3.8) is 0 Å². The second kappa shape index (κ2) is 7.36. The molecular weight excluding hydrogens is 266 g/mol. The molecule has 1 aromatic carbocycles. The first-order valence-corrected chi connectivity index (χ1v) is 6.24. The lowest BCUT2D eigenvalue weighted by Gasteiger charge is -2.11. The number of rotatable bonds is 6. The average molecular weight is 286 g/mol. The summed E-state index contributed by atoms with van der Waals surface area (Å²) in [4.78, 5) is 11.2. The van der Waals surface area contributed by atoms with Gasteiger partial charge in [-0.05, 0) is 30.4 Å². The summed E-state index contributed by atoms with van der Waals surface area (Å²) in [5.41, 5.74) is 7.55. The van der Waals surface area contributed by atoms with Gasteiger partial charge in [-0.15, -0.1) is 12.4 Å². The largest absolute Gasteiger partial charge is 0.493 e. The minimum absolute atomic E-state index is 0. The summed E-state index contributed by atoms with van der Waals surface area (Å²) >= 11 is 0. The van der Waals surface area contributed by atoms with Gasteiger partial charge in [0.15, 0.2) is 0 Å². The molecule has 4 nitrogen and oxygen atoms in total. The maximum Gasteiger partial charge on any atom is 0.309 e. The van der Waals surface area contributed by atoms with Crippen LogP contribution in [0.4, 0.5) is 0 Å². The molecule has 0 amide bonds. The highest BCUT2D eigenvalue weighted by atomic mass is 35.5. The van der Waals surface area contributed by atoms with Crippen molar-refractivity contribution in [3.05, 3.63) is 29.3 Å². The highest BCUT2D eigenvalue weighted by Crippen LogP contribution is 2.30. The number of ether oxygens (including phenoxy) is 2. The standard InChI is InChI=1S/C14H19NO3.ClH/c1-17-14(16)7-11-4-5-13(12(6-11)8-15)18-9-10-2-3-10;/h4-6,10H,2-3,7-9,15H2,1H3;1H. The lowest BCUT2D eigenvalue weighted by molar-refractivity contribution is -0.139. The first-order valence-electron chi connectivity index (χ1n) is 6.24. The molecule has 0 saturated heterocycles. The van der Waals surface area contributed by atoms with Crippen LogP contribution >= 0.6 is 12.4 Å². The molecule has 2 rings (SSSR count). The Labute approximate surface area is 119 Å². The third-order valence-electron chi connectivity index (χ3n) is 3.09. The molecule has 0 atom stereocenters. The summed E-state index contributed by atoms with van der Waals surface area (Å²) in [7, 11) is 1.39. The minimum atomic E-state index is -0.246. The van der Waals surface area contributed by atoms with Crippen LogP contribution in [-0.2, 0) is 22.5 Å². The van der Waals surface area contributed by atoms with Gasteiger partial charge in [0, 0.05) is 12.1 Å². The van der Waals surface area contributed by atoms with Gasteiger partial charge in [0.1, 0.15) is 5.75 Å². The van der Waals surface area contributed by atoms with Gasteiger partial charge in [-0.3, -0.25) is 4.79 Å². The summed E-state index contributed by atoms with van der Waals surface area (Å²) in [6.07, 6.45) is 2.79. The van der Waals surface area contributed by atoms with E-state index in [0.717, 1.165) is 23.5 Å². The van der Waals surface area contributed by atoms with E-state index in [1.54, 1.807) is 0 Å². The van der Waals surface area contributed by atoms with E-state index in [9.17, 15) is 4.79 Å². The van der Waals surface area contributed by atoms with Crippen LogP contribution in [0.3, 0.4) is 0 Å². The Balaban J connectivity index is 0.00000180. The lowest BCUT2D eigenvalue weighted by atomic mass is 10.1. The van der Waals surface area contributed by atoms with Gasteiger partial charge < -0.3 is 15.2 Å². The number of esters is 1. The van der Waals surface area contributed by atoms with Crippen LogP contribution in [0.15, 0.2) is 18.2 Å². The first kappa shape index (κ1) is 15.8. The molecule has 0 bridgehead atoms. The number of carbonyl (C=O) groups excluding carboxylic acids is 1. The Morgan fingerprint density at radius 1 is 1.42 bits per heavy atom. The van der Waals surface area contributed by atoms with Crippen molar-refractivity contribution in [2.24, 2.45) is 11.7 Å². The van der Waals surface area contributed by atoms with Gasteiger partial charge in [0.25, 0.3) is 0 Å². The van der Waals surface area contributed by atoms with E-state index in [1.165, 1.54) is 20.0 Å². The molecule has 1 aliphatic rings. The Morgan fingerprint density at radius 3 is 2.74 bits per heavy atom. The van der Waals surface area contributed by atoms with Gasteiger partial charge in [0.05, 0.1) is 20.1 Å². The van der Waals surface area contributed by atoms with Gasteiger partial charge in [0.2, 0.25) is 0 Å². The molecule has 2 N–H and O–H groups in total. The zero-order chi connectivity index (χ0) is 13.0. The zero-order valence-corrected chi connectivity index (χ0v) is 11.9. The normalized spacial score (nSPS) is 13.6. The topological polar surface area (TPSA) is 61.5 Å². The molecule has 0 unspecified atom stereocenters. The van der Waals surface area contributed by atoms with Crippen molar-refractivity contribution in [2.75, 3.05) is 13.7 Å². The van der Waals surface area contributed by atoms with E-state index in [4.69, 9.17) is 10.5 Å². The highest BCUT2D eigenvalue weighted by molar-refractivity contribution is 5.85. The maximum atomic E-state index is 11.2. The predicted octanol–water partition coefficient (Wildman–Crippen LogP) is 2.07. The Bertz CT molecular complexity index is 433. The number of hydrogen-bond acceptors (Lipinski definition) is 4. The van der Waals surface area contributed by atoms with Crippen molar-refractivity contribution in [1.29, 1.82) is 0 Å². The molecule has 0 heterocycles. The molecule has 1 saturated carbocycles. The second-order valence-electron chi connectivity index (χ2n) is 4.65. The van der Waals surface area contributed by atoms with E-state index >= 15 is 0 Å². The van der Waals surface area contributed by atoms with E-state index in [0.29, 0.717) is 12.5 Å². The van der Waals surface area contributed by atoms with Crippen LogP contribution in [-0.4, -0.2) is 19.7 Å². The quantitative estimate of drug-likeness (QED) is 0.813. The second-order valence-corrected chi connectivity index (χ2v) is 4.65. The summed E-state index contributed by atoms with van der Waals surface area (Å²) in [5.74, 6) is 1.30. The van der Waals surface area contributed by atoms with Crippen LogP contribution in [0.25, 0.3) is 0 Å². The summed E-state index contributed by atoms with van der Waals surface area (Å²) in [6.45, 7) is 1.18. The number of nitrogens with two attached hydrogens (primary N) is 1. The number of hydrogen-bond donors (Lipinski definition) is 1. The smallest absolute Gasteiger partial charge is 0.309 e. The van der Waals surface area contributed by atoms with Gasteiger partial charge in [-0.1, -0.05) is 12.1 Å². The molecule has 5 heteroatoms. The van der Waals surface area contributed by atoms with Crippen molar-refractivity contribution in [2.45, 2.75) is 25.8 Å².